The highest BCUT2D eigenvalue weighted by Gasteiger charge is 2.20. The van der Waals surface area contributed by atoms with Gasteiger partial charge in [0.1, 0.15) is 11.9 Å². The Balaban J connectivity index is 0.00000240. The molecule has 2 amide bonds. The second-order valence-corrected chi connectivity index (χ2v) is 7.86. The fourth-order valence-corrected chi connectivity index (χ4v) is 3.70. The van der Waals surface area contributed by atoms with Crippen LogP contribution in [0.4, 0.5) is 14.9 Å². The summed E-state index contributed by atoms with van der Waals surface area (Å²) < 4.78 is 45.5. The minimum absolute atomic E-state index is 0. The summed E-state index contributed by atoms with van der Waals surface area (Å²) in [6, 6.07) is 10.9. The number of carbonyl (C=O) groups is 2. The molecule has 8 nitrogen and oxygen atoms in total. The van der Waals surface area contributed by atoms with Crippen LogP contribution in [0.5, 0.6) is 0 Å². The standard InChI is InChI=1S/C19H18FN3O5S.2H2/c1-12(23-11-10-15-16(20)4-3-5-17(15)23)18(24)21-13-6-8-14(9-7-13)29(26,27)22-19(25)28-2;;/h3-12H,1-2H3,(H,21,24)(H,22,25);2*1H/t12-;;/m1../s1. The van der Waals surface area contributed by atoms with E-state index in [9.17, 15) is 22.4 Å². The molecule has 0 aliphatic heterocycles. The van der Waals surface area contributed by atoms with Crippen molar-refractivity contribution >= 4 is 38.6 Å². The number of nitrogens with one attached hydrogen (secondary N) is 2. The van der Waals surface area contributed by atoms with E-state index < -0.39 is 22.2 Å². The number of sulfonamides is 1. The molecule has 3 aromatic rings. The number of benzene rings is 2. The molecule has 3 rings (SSSR count). The Morgan fingerprint density at radius 1 is 1.14 bits per heavy atom. The first kappa shape index (κ1) is 20.3. The minimum atomic E-state index is -4.07. The number of amides is 2. The maximum absolute atomic E-state index is 13.8. The smallest absolute Gasteiger partial charge is 0.420 e. The number of aromatic nitrogens is 1. The van der Waals surface area contributed by atoms with Crippen LogP contribution in [0, 0.1) is 5.82 Å². The lowest BCUT2D eigenvalue weighted by Gasteiger charge is -2.16. The first-order valence-corrected chi connectivity index (χ1v) is 9.98. The quantitative estimate of drug-likeness (QED) is 0.653. The van der Waals surface area contributed by atoms with Gasteiger partial charge in [0.05, 0.1) is 17.5 Å². The topological polar surface area (TPSA) is 106 Å². The third-order valence-electron chi connectivity index (χ3n) is 4.34. The summed E-state index contributed by atoms with van der Waals surface area (Å²) in [4.78, 5) is 23.5. The molecule has 2 N–H and O–H groups in total. The van der Waals surface area contributed by atoms with Crippen LogP contribution in [0.3, 0.4) is 0 Å². The molecule has 0 radical (unpaired) electrons. The molecule has 2 aromatic carbocycles. The number of fused-ring (bicyclic) bond motifs is 1. The molecular weight excluding hydrogens is 401 g/mol. The molecule has 0 aliphatic rings. The highest BCUT2D eigenvalue weighted by atomic mass is 32.2. The van der Waals surface area contributed by atoms with Crippen molar-refractivity contribution in [3.63, 3.8) is 0 Å². The van der Waals surface area contributed by atoms with E-state index >= 15 is 0 Å². The maximum atomic E-state index is 13.8. The SMILES string of the molecule is COC(=O)NS(=O)(=O)c1ccc(NC(=O)[C@@H](C)n2ccc3c(F)cccc32)cc1.[HH].[HH]. The summed E-state index contributed by atoms with van der Waals surface area (Å²) >= 11 is 0. The predicted octanol–water partition coefficient (Wildman–Crippen LogP) is 3.52. The Labute approximate surface area is 169 Å². The molecule has 0 bridgehead atoms. The second kappa shape index (κ2) is 7.92. The fourth-order valence-electron chi connectivity index (χ4n) is 2.79. The zero-order valence-electron chi connectivity index (χ0n) is 15.5. The highest BCUT2D eigenvalue weighted by Crippen LogP contribution is 2.23. The van der Waals surface area contributed by atoms with E-state index in [-0.39, 0.29) is 19.5 Å². The normalized spacial score (nSPS) is 12.4. The zero-order valence-corrected chi connectivity index (χ0v) is 16.4. The average Bonchev–Trinajstić information content (AvgIpc) is 3.12. The average molecular weight is 423 g/mol. The fraction of sp³-hybridized carbons (Fsp3) is 0.158. The van der Waals surface area contributed by atoms with Crippen molar-refractivity contribution in [3.05, 3.63) is 60.5 Å². The van der Waals surface area contributed by atoms with Gasteiger partial charge in [0.15, 0.2) is 0 Å². The van der Waals surface area contributed by atoms with E-state index in [1.165, 1.54) is 30.3 Å². The van der Waals surface area contributed by atoms with Gasteiger partial charge in [0.2, 0.25) is 5.91 Å². The van der Waals surface area contributed by atoms with E-state index in [2.05, 4.69) is 10.1 Å². The van der Waals surface area contributed by atoms with Gasteiger partial charge in [-0.2, -0.15) is 0 Å². The van der Waals surface area contributed by atoms with Gasteiger partial charge in [-0.25, -0.2) is 22.3 Å². The van der Waals surface area contributed by atoms with Gasteiger partial charge in [-0.1, -0.05) is 6.07 Å². The van der Waals surface area contributed by atoms with E-state index in [1.54, 1.807) is 40.6 Å². The zero-order chi connectivity index (χ0) is 21.2. The lowest BCUT2D eigenvalue weighted by Crippen LogP contribution is -2.30. The highest BCUT2D eigenvalue weighted by molar-refractivity contribution is 7.90. The van der Waals surface area contributed by atoms with Gasteiger partial charge in [0.25, 0.3) is 10.0 Å². The van der Waals surface area contributed by atoms with Crippen molar-refractivity contribution in [2.24, 2.45) is 0 Å². The summed E-state index contributed by atoms with van der Waals surface area (Å²) in [5, 5.41) is 3.10. The second-order valence-electron chi connectivity index (χ2n) is 6.18. The van der Waals surface area contributed by atoms with Gasteiger partial charge in [-0.15, -0.1) is 0 Å². The number of nitrogens with zero attached hydrogens (tertiary/aromatic N) is 1. The molecule has 10 heteroatoms. The summed E-state index contributed by atoms with van der Waals surface area (Å²) in [6.45, 7) is 1.67. The number of rotatable bonds is 5. The largest absolute Gasteiger partial charge is 0.452 e. The number of methoxy groups -OCH3 is 1. The number of hydrogen-bond acceptors (Lipinski definition) is 5. The Hall–Kier alpha value is -3.40. The number of anilines is 1. The van der Waals surface area contributed by atoms with Crippen molar-refractivity contribution in [2.45, 2.75) is 17.9 Å². The van der Waals surface area contributed by atoms with Gasteiger partial charge in [0, 0.05) is 20.1 Å². The monoisotopic (exact) mass is 423 g/mol. The Morgan fingerprint density at radius 2 is 1.83 bits per heavy atom. The van der Waals surface area contributed by atoms with Crippen LogP contribution in [0.15, 0.2) is 59.6 Å². The Morgan fingerprint density at radius 3 is 2.48 bits per heavy atom. The molecule has 0 fully saturated rings. The van der Waals surface area contributed by atoms with Gasteiger partial charge in [-0.3, -0.25) is 4.79 Å². The number of carbonyl (C=O) groups excluding carboxylic acids is 2. The van der Waals surface area contributed by atoms with Crippen molar-refractivity contribution in [3.8, 4) is 0 Å². The molecular formula is C19H22FN3O5S. The van der Waals surface area contributed by atoms with Crippen LogP contribution in [-0.2, 0) is 19.6 Å². The lowest BCUT2D eigenvalue weighted by atomic mass is 10.2. The third-order valence-corrected chi connectivity index (χ3v) is 5.67. The molecule has 156 valence electrons. The first-order valence-electron chi connectivity index (χ1n) is 8.49. The maximum Gasteiger partial charge on any atom is 0.420 e. The molecule has 0 aliphatic carbocycles. The molecule has 1 heterocycles. The first-order chi connectivity index (χ1) is 13.7. The molecule has 0 saturated carbocycles. The van der Waals surface area contributed by atoms with E-state index in [1.807, 2.05) is 0 Å². The summed E-state index contributed by atoms with van der Waals surface area (Å²) in [7, 11) is -3.03. The summed E-state index contributed by atoms with van der Waals surface area (Å²) in [6.07, 6.45) is 0.526. The molecule has 0 spiro atoms. The third kappa shape index (κ3) is 4.21. The van der Waals surface area contributed by atoms with Gasteiger partial charge in [-0.05, 0) is 49.4 Å². The Bertz CT molecular complexity index is 1180. The number of hydrogen-bond donors (Lipinski definition) is 2. The van der Waals surface area contributed by atoms with Gasteiger partial charge < -0.3 is 14.6 Å². The summed E-state index contributed by atoms with van der Waals surface area (Å²) in [5.74, 6) is -0.735. The van der Waals surface area contributed by atoms with E-state index in [4.69, 9.17) is 0 Å². The Kier molecular flexibility index (Phi) is 5.55. The van der Waals surface area contributed by atoms with E-state index in [0.717, 1.165) is 7.11 Å². The molecule has 0 unspecified atom stereocenters. The van der Waals surface area contributed by atoms with Crippen molar-refractivity contribution in [1.82, 2.24) is 9.29 Å². The number of halogens is 1. The molecule has 1 aromatic heterocycles. The predicted molar refractivity (Wildman–Crippen MR) is 109 cm³/mol. The molecule has 29 heavy (non-hydrogen) atoms. The van der Waals surface area contributed by atoms with Crippen molar-refractivity contribution in [2.75, 3.05) is 12.4 Å². The van der Waals surface area contributed by atoms with Crippen LogP contribution in [0.25, 0.3) is 10.9 Å². The van der Waals surface area contributed by atoms with Crippen LogP contribution in [0.1, 0.15) is 15.8 Å². The lowest BCUT2D eigenvalue weighted by molar-refractivity contribution is -0.118. The van der Waals surface area contributed by atoms with Gasteiger partial charge >= 0.3 is 6.09 Å². The number of ether oxygens (including phenoxy) is 1. The van der Waals surface area contributed by atoms with Crippen LogP contribution >= 0.6 is 0 Å². The van der Waals surface area contributed by atoms with Crippen LogP contribution < -0.4 is 10.0 Å². The molecule has 0 saturated heterocycles. The molecule has 1 atom stereocenters. The van der Waals surface area contributed by atoms with Crippen molar-refractivity contribution in [1.29, 1.82) is 0 Å². The minimum Gasteiger partial charge on any atom is -0.452 e. The van der Waals surface area contributed by atoms with E-state index in [0.29, 0.717) is 16.6 Å². The van der Waals surface area contributed by atoms with Crippen LogP contribution in [-0.4, -0.2) is 32.1 Å². The van der Waals surface area contributed by atoms with Crippen LogP contribution in [0.2, 0.25) is 0 Å². The summed E-state index contributed by atoms with van der Waals surface area (Å²) in [5.41, 5.74) is 0.949. The van der Waals surface area contributed by atoms with Crippen molar-refractivity contribution < 1.29 is 30.0 Å².